The molecule has 0 saturated carbocycles. The van der Waals surface area contributed by atoms with Gasteiger partial charge in [-0.05, 0) is 125 Å². The smallest absolute Gasteiger partial charge is 0.136 e. The van der Waals surface area contributed by atoms with E-state index >= 15 is 0 Å². The number of unbranched alkanes of at least 4 members (excludes halogenated alkanes) is 1. The van der Waals surface area contributed by atoms with Crippen molar-refractivity contribution in [3.8, 4) is 33.4 Å². The van der Waals surface area contributed by atoms with Crippen LogP contribution in [0.1, 0.15) is 25.3 Å². The highest BCUT2D eigenvalue weighted by molar-refractivity contribution is 6.24. The molecule has 1 nitrogen and oxygen atoms in total. The largest absolute Gasteiger partial charge is 0.456 e. The average Bonchev–Trinajstić information content (AvgIpc) is 3.54. The van der Waals surface area contributed by atoms with Gasteiger partial charge >= 0.3 is 0 Å². The van der Waals surface area contributed by atoms with E-state index in [2.05, 4.69) is 171 Å². The van der Waals surface area contributed by atoms with Gasteiger partial charge in [-0.25, -0.2) is 0 Å². The fourth-order valence-corrected chi connectivity index (χ4v) is 8.29. The maximum absolute atomic E-state index is 6.51. The van der Waals surface area contributed by atoms with Crippen LogP contribution in [0.2, 0.25) is 0 Å². The molecule has 0 saturated heterocycles. The van der Waals surface area contributed by atoms with Crippen LogP contribution < -0.4 is 0 Å². The molecule has 1 aromatic heterocycles. The van der Waals surface area contributed by atoms with Crippen molar-refractivity contribution in [1.82, 2.24) is 0 Å². The number of fused-ring (bicyclic) bond motifs is 7. The zero-order valence-electron chi connectivity index (χ0n) is 28.6. The van der Waals surface area contributed by atoms with Crippen LogP contribution in [-0.2, 0) is 6.42 Å². The van der Waals surface area contributed by atoms with E-state index in [-0.39, 0.29) is 0 Å². The van der Waals surface area contributed by atoms with E-state index in [1.807, 2.05) is 0 Å². The molecule has 51 heavy (non-hydrogen) atoms. The SMILES string of the molecule is CCCCc1ccc2cc3c(cc2c1)oc1ccc(-c2c4ccccc4c(-c4cccc5ccc(-c6ccccc6)cc45)c4ccccc24)cc13. The summed E-state index contributed by atoms with van der Waals surface area (Å²) in [6.45, 7) is 2.25. The third-order valence-corrected chi connectivity index (χ3v) is 10.8. The van der Waals surface area contributed by atoms with Crippen molar-refractivity contribution < 1.29 is 4.42 Å². The Balaban J connectivity index is 1.20. The highest BCUT2D eigenvalue weighted by Crippen LogP contribution is 2.46. The topological polar surface area (TPSA) is 13.1 Å². The van der Waals surface area contributed by atoms with Crippen molar-refractivity contribution in [3.63, 3.8) is 0 Å². The molecule has 10 rings (SSSR count). The first-order valence-corrected chi connectivity index (χ1v) is 18.1. The molecule has 0 aliphatic rings. The molecule has 0 amide bonds. The Morgan fingerprint density at radius 3 is 1.82 bits per heavy atom. The van der Waals surface area contributed by atoms with Gasteiger partial charge in [0.15, 0.2) is 0 Å². The summed E-state index contributed by atoms with van der Waals surface area (Å²) in [5, 5.41) is 12.3. The zero-order chi connectivity index (χ0) is 33.9. The number of furan rings is 1. The molecule has 1 heterocycles. The minimum Gasteiger partial charge on any atom is -0.456 e. The Hall–Kier alpha value is -6.18. The molecule has 0 atom stereocenters. The lowest BCUT2D eigenvalue weighted by Gasteiger charge is -2.19. The Bertz CT molecular complexity index is 2890. The van der Waals surface area contributed by atoms with E-state index < -0.39 is 0 Å². The maximum Gasteiger partial charge on any atom is 0.136 e. The van der Waals surface area contributed by atoms with E-state index in [0.717, 1.165) is 28.4 Å². The van der Waals surface area contributed by atoms with Crippen LogP contribution in [-0.4, -0.2) is 0 Å². The lowest BCUT2D eigenvalue weighted by Crippen LogP contribution is -1.92. The fraction of sp³-hybridized carbons (Fsp3) is 0.0800. The fourth-order valence-electron chi connectivity index (χ4n) is 8.29. The monoisotopic (exact) mass is 652 g/mol. The molecular weight excluding hydrogens is 617 g/mol. The first-order chi connectivity index (χ1) is 25.2. The molecule has 0 radical (unpaired) electrons. The van der Waals surface area contributed by atoms with Gasteiger partial charge in [-0.2, -0.15) is 0 Å². The molecular formula is C50H36O. The average molecular weight is 653 g/mol. The minimum atomic E-state index is 0.922. The van der Waals surface area contributed by atoms with Crippen molar-refractivity contribution in [2.45, 2.75) is 26.2 Å². The van der Waals surface area contributed by atoms with E-state index in [9.17, 15) is 0 Å². The third-order valence-electron chi connectivity index (χ3n) is 10.8. The number of hydrogen-bond acceptors (Lipinski definition) is 1. The van der Waals surface area contributed by atoms with Crippen LogP contribution >= 0.6 is 0 Å². The van der Waals surface area contributed by atoms with E-state index in [4.69, 9.17) is 4.42 Å². The van der Waals surface area contributed by atoms with Crippen LogP contribution in [0, 0.1) is 0 Å². The van der Waals surface area contributed by atoms with E-state index in [1.165, 1.54) is 94.9 Å². The Morgan fingerprint density at radius 1 is 0.392 bits per heavy atom. The van der Waals surface area contributed by atoms with Crippen molar-refractivity contribution >= 4 is 65.0 Å². The molecule has 0 bridgehead atoms. The summed E-state index contributed by atoms with van der Waals surface area (Å²) in [4.78, 5) is 0. The van der Waals surface area contributed by atoms with Crippen molar-refractivity contribution in [1.29, 1.82) is 0 Å². The highest BCUT2D eigenvalue weighted by atomic mass is 16.3. The Labute approximate surface area is 297 Å². The van der Waals surface area contributed by atoms with Gasteiger partial charge in [0.1, 0.15) is 11.2 Å². The van der Waals surface area contributed by atoms with E-state index in [1.54, 1.807) is 0 Å². The highest BCUT2D eigenvalue weighted by Gasteiger charge is 2.19. The van der Waals surface area contributed by atoms with Gasteiger partial charge in [-0.1, -0.05) is 147 Å². The molecule has 0 aliphatic heterocycles. The second-order valence-electron chi connectivity index (χ2n) is 13.9. The van der Waals surface area contributed by atoms with Crippen LogP contribution in [0.5, 0.6) is 0 Å². The molecule has 9 aromatic carbocycles. The van der Waals surface area contributed by atoms with Gasteiger partial charge in [0.25, 0.3) is 0 Å². The Kier molecular flexibility index (Phi) is 6.99. The standard InChI is InChI=1S/C50H36O/c1-2-3-12-32-21-22-36-29-46-45-30-37(25-26-47(45)51-48(46)31-38(36)27-32)49-39-16-7-9-18-41(39)50(42-19-10-8-17-40(42)49)43-20-11-15-34-23-24-35(28-44(34)43)33-13-5-4-6-14-33/h4-11,13-31H,2-3,12H2,1H3. The molecule has 0 unspecified atom stereocenters. The number of rotatable bonds is 6. The lowest BCUT2D eigenvalue weighted by molar-refractivity contribution is 0.669. The minimum absolute atomic E-state index is 0.922. The van der Waals surface area contributed by atoms with Gasteiger partial charge < -0.3 is 4.42 Å². The summed E-state index contributed by atoms with van der Waals surface area (Å²) < 4.78 is 6.51. The first kappa shape index (κ1) is 29.7. The summed E-state index contributed by atoms with van der Waals surface area (Å²) in [7, 11) is 0. The first-order valence-electron chi connectivity index (χ1n) is 18.1. The Morgan fingerprint density at radius 2 is 1.06 bits per heavy atom. The van der Waals surface area contributed by atoms with Crippen LogP contribution in [0.4, 0.5) is 0 Å². The zero-order valence-corrected chi connectivity index (χ0v) is 28.6. The summed E-state index contributed by atoms with van der Waals surface area (Å²) in [5.74, 6) is 0. The summed E-state index contributed by atoms with van der Waals surface area (Å²) >= 11 is 0. The molecule has 0 N–H and O–H groups in total. The molecule has 1 heteroatoms. The quantitative estimate of drug-likeness (QED) is 0.163. The normalized spacial score (nSPS) is 11.9. The van der Waals surface area contributed by atoms with Gasteiger partial charge in [0.05, 0.1) is 0 Å². The van der Waals surface area contributed by atoms with Gasteiger partial charge in [0, 0.05) is 10.8 Å². The summed E-state index contributed by atoms with van der Waals surface area (Å²) in [6, 6.07) is 60.4. The van der Waals surface area contributed by atoms with E-state index in [0.29, 0.717) is 0 Å². The van der Waals surface area contributed by atoms with Gasteiger partial charge in [-0.15, -0.1) is 0 Å². The predicted octanol–water partition coefficient (Wildman–Crippen LogP) is 14.5. The van der Waals surface area contributed by atoms with Crippen molar-refractivity contribution in [2.75, 3.05) is 0 Å². The maximum atomic E-state index is 6.51. The van der Waals surface area contributed by atoms with Crippen molar-refractivity contribution in [3.05, 3.63) is 169 Å². The third kappa shape index (κ3) is 4.92. The van der Waals surface area contributed by atoms with Crippen molar-refractivity contribution in [2.24, 2.45) is 0 Å². The summed E-state index contributed by atoms with van der Waals surface area (Å²) in [6.07, 6.45) is 3.53. The second kappa shape index (κ2) is 12.0. The second-order valence-corrected chi connectivity index (χ2v) is 13.9. The molecule has 242 valence electrons. The molecule has 10 aromatic rings. The van der Waals surface area contributed by atoms with Crippen LogP contribution in [0.15, 0.2) is 168 Å². The molecule has 0 fully saturated rings. The lowest BCUT2D eigenvalue weighted by atomic mass is 9.84. The van der Waals surface area contributed by atoms with Gasteiger partial charge in [-0.3, -0.25) is 0 Å². The number of hydrogen-bond donors (Lipinski definition) is 0. The summed E-state index contributed by atoms with van der Waals surface area (Å²) in [5.41, 5.74) is 10.7. The predicted molar refractivity (Wildman–Crippen MR) is 219 cm³/mol. The number of benzene rings is 9. The molecule has 0 aliphatic carbocycles. The number of aryl methyl sites for hydroxylation is 1. The van der Waals surface area contributed by atoms with Crippen LogP contribution in [0.25, 0.3) is 98.4 Å². The van der Waals surface area contributed by atoms with Crippen LogP contribution in [0.3, 0.4) is 0 Å². The molecule has 0 spiro atoms. The van der Waals surface area contributed by atoms with Gasteiger partial charge in [0.2, 0.25) is 0 Å².